The molecule has 1 fully saturated rings. The summed E-state index contributed by atoms with van der Waals surface area (Å²) in [5.41, 5.74) is 1.26. The summed E-state index contributed by atoms with van der Waals surface area (Å²) < 4.78 is 32.4. The van der Waals surface area contributed by atoms with E-state index in [9.17, 15) is 9.90 Å². The summed E-state index contributed by atoms with van der Waals surface area (Å²) in [6.45, 7) is 2.64. The number of anilines is 1. The molecule has 8 nitrogen and oxygen atoms in total. The van der Waals surface area contributed by atoms with Gasteiger partial charge in [0.2, 0.25) is 0 Å². The molecule has 4 aromatic rings. The highest BCUT2D eigenvalue weighted by Gasteiger charge is 2.26. The lowest BCUT2D eigenvalue weighted by atomic mass is 10.0. The first-order valence-corrected chi connectivity index (χ1v) is 12.3. The van der Waals surface area contributed by atoms with Crippen molar-refractivity contribution in [3.05, 3.63) is 77.9 Å². The Bertz CT molecular complexity index is 1380. The second-order valence-electron chi connectivity index (χ2n) is 8.80. The molecular weight excluding hydrogens is 477 g/mol. The monoisotopic (exact) mass is 505 g/mol. The van der Waals surface area contributed by atoms with Gasteiger partial charge in [-0.25, -0.2) is 9.37 Å². The number of nitrogens with zero attached hydrogens (tertiary/aromatic N) is 1. The molecule has 3 N–H and O–H groups in total. The molecule has 2 atom stereocenters. The summed E-state index contributed by atoms with van der Waals surface area (Å²) in [4.78, 5) is 21.0. The van der Waals surface area contributed by atoms with Gasteiger partial charge in [0.25, 0.3) is 0 Å². The Kier molecular flexibility index (Phi) is 7.34. The number of rotatable bonds is 9. The van der Waals surface area contributed by atoms with Crippen molar-refractivity contribution < 1.29 is 28.5 Å². The number of benzene rings is 2. The van der Waals surface area contributed by atoms with Crippen LogP contribution in [0.5, 0.6) is 17.2 Å². The number of ether oxygens (including phenoxy) is 3. The third kappa shape index (κ3) is 5.28. The second kappa shape index (κ2) is 11.0. The number of carbonyl (C=O) groups excluding carboxylic acids is 1. The van der Waals surface area contributed by atoms with Crippen LogP contribution in [0.2, 0.25) is 0 Å². The predicted octanol–water partition coefficient (Wildman–Crippen LogP) is 5.08. The van der Waals surface area contributed by atoms with Crippen molar-refractivity contribution in [2.45, 2.75) is 31.9 Å². The van der Waals surface area contributed by atoms with Gasteiger partial charge in [-0.3, -0.25) is 4.79 Å². The molecule has 0 bridgehead atoms. The van der Waals surface area contributed by atoms with Gasteiger partial charge in [0.1, 0.15) is 23.0 Å². The highest BCUT2D eigenvalue weighted by molar-refractivity contribution is 6.19. The Labute approximate surface area is 213 Å². The molecule has 0 unspecified atom stereocenters. The maximum absolute atomic E-state index is 15.1. The van der Waals surface area contributed by atoms with Crippen molar-refractivity contribution >= 4 is 22.5 Å². The molecule has 2 aromatic heterocycles. The van der Waals surface area contributed by atoms with Crippen molar-refractivity contribution in [3.8, 4) is 17.2 Å². The maximum Gasteiger partial charge on any atom is 0.198 e. The summed E-state index contributed by atoms with van der Waals surface area (Å²) in [5, 5.41) is 13.3. The molecule has 1 aliphatic heterocycles. The van der Waals surface area contributed by atoms with Gasteiger partial charge in [-0.15, -0.1) is 0 Å². The normalized spacial score (nSPS) is 17.5. The average molecular weight is 506 g/mol. The fourth-order valence-electron chi connectivity index (χ4n) is 4.45. The SMILES string of the molecule is CCOc1cnc2[nH]cc(C(=O)c3ccc(Oc4ccccc4)cc3F)c2c1N[C@@H]1CC[C@@H](CO)OC1. The number of aliphatic hydroxyl groups excluding tert-OH is 1. The summed E-state index contributed by atoms with van der Waals surface area (Å²) in [6.07, 6.45) is 4.42. The lowest BCUT2D eigenvalue weighted by molar-refractivity contribution is -0.0223. The van der Waals surface area contributed by atoms with E-state index in [-0.39, 0.29) is 29.9 Å². The number of hydrogen-bond donors (Lipinski definition) is 3. The predicted molar refractivity (Wildman–Crippen MR) is 137 cm³/mol. The number of pyridine rings is 1. The van der Waals surface area contributed by atoms with Crippen molar-refractivity contribution in [2.75, 3.05) is 25.1 Å². The molecule has 0 radical (unpaired) electrons. The zero-order valence-corrected chi connectivity index (χ0v) is 20.4. The maximum atomic E-state index is 15.1. The Morgan fingerprint density at radius 2 is 2.03 bits per heavy atom. The third-order valence-electron chi connectivity index (χ3n) is 6.30. The van der Waals surface area contributed by atoms with E-state index in [2.05, 4.69) is 15.3 Å². The molecule has 37 heavy (non-hydrogen) atoms. The minimum absolute atomic E-state index is 0.0202. The van der Waals surface area contributed by atoms with Gasteiger partial charge in [-0.05, 0) is 44.0 Å². The molecule has 192 valence electrons. The average Bonchev–Trinajstić information content (AvgIpc) is 3.35. The van der Waals surface area contributed by atoms with Crippen LogP contribution in [-0.2, 0) is 4.74 Å². The molecule has 0 aliphatic carbocycles. The lowest BCUT2D eigenvalue weighted by Gasteiger charge is -2.30. The Hall–Kier alpha value is -3.95. The zero-order chi connectivity index (χ0) is 25.8. The first kappa shape index (κ1) is 24.7. The Morgan fingerprint density at radius 1 is 1.19 bits per heavy atom. The number of hydrogen-bond acceptors (Lipinski definition) is 7. The van der Waals surface area contributed by atoms with E-state index in [0.29, 0.717) is 53.6 Å². The van der Waals surface area contributed by atoms with Crippen LogP contribution in [0, 0.1) is 5.82 Å². The van der Waals surface area contributed by atoms with Crippen LogP contribution < -0.4 is 14.8 Å². The van der Waals surface area contributed by atoms with E-state index < -0.39 is 11.6 Å². The van der Waals surface area contributed by atoms with Gasteiger partial charge in [0.05, 0.1) is 54.3 Å². The summed E-state index contributed by atoms with van der Waals surface area (Å²) >= 11 is 0. The smallest absolute Gasteiger partial charge is 0.198 e. The molecule has 2 aromatic carbocycles. The summed E-state index contributed by atoms with van der Waals surface area (Å²) in [5.74, 6) is 0.167. The zero-order valence-electron chi connectivity index (χ0n) is 20.4. The Morgan fingerprint density at radius 3 is 2.73 bits per heavy atom. The summed E-state index contributed by atoms with van der Waals surface area (Å²) in [7, 11) is 0. The van der Waals surface area contributed by atoms with E-state index in [0.717, 1.165) is 6.42 Å². The van der Waals surface area contributed by atoms with E-state index in [1.54, 1.807) is 24.4 Å². The first-order valence-electron chi connectivity index (χ1n) is 12.3. The molecule has 5 rings (SSSR count). The van der Waals surface area contributed by atoms with Crippen LogP contribution in [0.15, 0.2) is 60.9 Å². The van der Waals surface area contributed by atoms with E-state index in [1.165, 1.54) is 18.3 Å². The van der Waals surface area contributed by atoms with E-state index >= 15 is 4.39 Å². The number of nitrogens with one attached hydrogen (secondary N) is 2. The number of aromatic amines is 1. The number of aromatic nitrogens is 2. The van der Waals surface area contributed by atoms with Crippen molar-refractivity contribution in [1.29, 1.82) is 0 Å². The highest BCUT2D eigenvalue weighted by Crippen LogP contribution is 2.37. The molecule has 3 heterocycles. The van der Waals surface area contributed by atoms with Gasteiger partial charge in [0, 0.05) is 18.3 Å². The van der Waals surface area contributed by atoms with Crippen LogP contribution in [0.25, 0.3) is 11.0 Å². The van der Waals surface area contributed by atoms with Crippen LogP contribution in [0.1, 0.15) is 35.7 Å². The minimum atomic E-state index is -0.688. The van der Waals surface area contributed by atoms with Gasteiger partial charge < -0.3 is 29.6 Å². The number of carbonyl (C=O) groups is 1. The molecule has 1 aliphatic rings. The quantitative estimate of drug-likeness (QED) is 0.273. The first-order chi connectivity index (χ1) is 18.1. The molecule has 1 saturated heterocycles. The van der Waals surface area contributed by atoms with Crippen LogP contribution in [-0.4, -0.2) is 52.8 Å². The lowest BCUT2D eigenvalue weighted by Crippen LogP contribution is -2.36. The van der Waals surface area contributed by atoms with Gasteiger partial charge in [-0.1, -0.05) is 18.2 Å². The van der Waals surface area contributed by atoms with Crippen molar-refractivity contribution in [1.82, 2.24) is 9.97 Å². The largest absolute Gasteiger partial charge is 0.490 e. The fourth-order valence-corrected chi connectivity index (χ4v) is 4.45. The molecule has 0 spiro atoms. The van der Waals surface area contributed by atoms with Gasteiger partial charge >= 0.3 is 0 Å². The van der Waals surface area contributed by atoms with Crippen molar-refractivity contribution in [3.63, 3.8) is 0 Å². The molecule has 9 heteroatoms. The molecule has 0 amide bonds. The van der Waals surface area contributed by atoms with E-state index in [4.69, 9.17) is 14.2 Å². The number of para-hydroxylation sites is 1. The van der Waals surface area contributed by atoms with Crippen LogP contribution in [0.3, 0.4) is 0 Å². The number of halogens is 1. The summed E-state index contributed by atoms with van der Waals surface area (Å²) in [6, 6.07) is 13.2. The van der Waals surface area contributed by atoms with Crippen LogP contribution in [0.4, 0.5) is 10.1 Å². The minimum Gasteiger partial charge on any atom is -0.490 e. The number of fused-ring (bicyclic) bond motifs is 1. The number of H-pyrrole nitrogens is 1. The fraction of sp³-hybridized carbons (Fsp3) is 0.286. The third-order valence-corrected chi connectivity index (χ3v) is 6.30. The second-order valence-corrected chi connectivity index (χ2v) is 8.80. The van der Waals surface area contributed by atoms with Gasteiger partial charge in [0.15, 0.2) is 11.5 Å². The highest BCUT2D eigenvalue weighted by atomic mass is 19.1. The van der Waals surface area contributed by atoms with Gasteiger partial charge in [-0.2, -0.15) is 0 Å². The Balaban J connectivity index is 1.47. The van der Waals surface area contributed by atoms with E-state index in [1.807, 2.05) is 25.1 Å². The standard InChI is InChI=1S/C28H28FN3O5/c1-2-35-24-14-31-28-25(26(24)32-17-8-9-20(15-33)36-16-17)22(13-30-28)27(34)21-11-10-19(12-23(21)29)37-18-6-4-3-5-7-18/h3-7,10-14,17,20,33H,2,8-9,15-16H2,1H3,(H2,30,31,32)/t17-,20+/m1/s1. The number of aliphatic hydroxyl groups is 1. The van der Waals surface area contributed by atoms with Crippen LogP contribution >= 0.6 is 0 Å². The topological polar surface area (TPSA) is 106 Å². The molecule has 0 saturated carbocycles. The molecular formula is C28H28FN3O5. The number of ketones is 1. The van der Waals surface area contributed by atoms with Crippen molar-refractivity contribution in [2.24, 2.45) is 0 Å².